The molecule has 0 unspecified atom stereocenters. The lowest BCUT2D eigenvalue weighted by Crippen LogP contribution is -2.23. The van der Waals surface area contributed by atoms with Crippen LogP contribution in [0.4, 0.5) is 0 Å². The summed E-state index contributed by atoms with van der Waals surface area (Å²) in [6, 6.07) is 9.59. The third-order valence-electron chi connectivity index (χ3n) is 3.66. The van der Waals surface area contributed by atoms with Crippen molar-refractivity contribution in [3.8, 4) is 0 Å². The molecule has 0 aliphatic heterocycles. The van der Waals surface area contributed by atoms with Gasteiger partial charge in [-0.1, -0.05) is 6.07 Å². The Bertz CT molecular complexity index is 854. The van der Waals surface area contributed by atoms with Crippen LogP contribution >= 0.6 is 15.9 Å². The molecule has 0 bridgehead atoms. The molecule has 0 spiro atoms. The number of imidazole rings is 1. The fourth-order valence-corrected chi connectivity index (χ4v) is 2.61. The number of aromatic nitrogens is 2. The first-order valence-electron chi connectivity index (χ1n) is 7.01. The number of carbonyl (C=O) groups is 1. The SMILES string of the molecule is Cc1ccc(C(=O)NCc2cn3cc(Br)ccc3n2)cc1C. The summed E-state index contributed by atoms with van der Waals surface area (Å²) in [5.74, 6) is -0.0821. The summed E-state index contributed by atoms with van der Waals surface area (Å²) in [5, 5.41) is 2.91. The second-order valence-electron chi connectivity index (χ2n) is 5.33. The molecule has 2 heterocycles. The first-order valence-corrected chi connectivity index (χ1v) is 7.81. The fourth-order valence-electron chi connectivity index (χ4n) is 2.26. The van der Waals surface area contributed by atoms with Crippen LogP contribution in [-0.4, -0.2) is 15.3 Å². The largest absolute Gasteiger partial charge is 0.346 e. The van der Waals surface area contributed by atoms with Crippen LogP contribution in [0.5, 0.6) is 0 Å². The molecule has 5 heteroatoms. The lowest BCUT2D eigenvalue weighted by Gasteiger charge is -2.06. The van der Waals surface area contributed by atoms with E-state index < -0.39 is 0 Å². The van der Waals surface area contributed by atoms with E-state index in [1.54, 1.807) is 0 Å². The third kappa shape index (κ3) is 3.04. The Morgan fingerprint density at radius 2 is 2.00 bits per heavy atom. The highest BCUT2D eigenvalue weighted by molar-refractivity contribution is 9.10. The van der Waals surface area contributed by atoms with E-state index in [4.69, 9.17) is 0 Å². The van der Waals surface area contributed by atoms with Crippen molar-refractivity contribution < 1.29 is 4.79 Å². The number of halogens is 1. The normalized spacial score (nSPS) is 10.9. The van der Waals surface area contributed by atoms with Gasteiger partial charge in [-0.05, 0) is 65.2 Å². The Morgan fingerprint density at radius 1 is 1.18 bits per heavy atom. The molecule has 1 aromatic carbocycles. The smallest absolute Gasteiger partial charge is 0.251 e. The standard InChI is InChI=1S/C17H16BrN3O/c1-11-3-4-13(7-12(11)2)17(22)19-8-15-10-21-9-14(18)5-6-16(21)20-15/h3-7,9-10H,8H2,1-2H3,(H,19,22). The summed E-state index contributed by atoms with van der Waals surface area (Å²) < 4.78 is 2.92. The molecule has 112 valence electrons. The van der Waals surface area contributed by atoms with Crippen LogP contribution in [0.3, 0.4) is 0 Å². The maximum absolute atomic E-state index is 12.2. The highest BCUT2D eigenvalue weighted by Gasteiger charge is 2.08. The summed E-state index contributed by atoms with van der Waals surface area (Å²) in [6.07, 6.45) is 3.86. The van der Waals surface area contributed by atoms with Crippen LogP contribution in [0.15, 0.2) is 47.2 Å². The quantitative estimate of drug-likeness (QED) is 0.777. The van der Waals surface area contributed by atoms with Gasteiger partial charge in [0.25, 0.3) is 5.91 Å². The van der Waals surface area contributed by atoms with Gasteiger partial charge in [0, 0.05) is 22.4 Å². The molecular weight excluding hydrogens is 342 g/mol. The van der Waals surface area contributed by atoms with E-state index in [1.807, 2.05) is 61.0 Å². The van der Waals surface area contributed by atoms with Crippen molar-refractivity contribution >= 4 is 27.5 Å². The fraction of sp³-hybridized carbons (Fsp3) is 0.176. The Hall–Kier alpha value is -2.14. The van der Waals surface area contributed by atoms with E-state index in [-0.39, 0.29) is 5.91 Å². The molecule has 0 fully saturated rings. The molecule has 3 rings (SSSR count). The number of aryl methyl sites for hydroxylation is 2. The summed E-state index contributed by atoms with van der Waals surface area (Å²) in [5.41, 5.74) is 4.66. The zero-order valence-corrected chi connectivity index (χ0v) is 14.0. The van der Waals surface area contributed by atoms with Gasteiger partial charge in [0.1, 0.15) is 5.65 Å². The summed E-state index contributed by atoms with van der Waals surface area (Å²) >= 11 is 3.43. The van der Waals surface area contributed by atoms with E-state index in [0.717, 1.165) is 21.4 Å². The van der Waals surface area contributed by atoms with Crippen molar-refractivity contribution in [2.75, 3.05) is 0 Å². The number of hydrogen-bond donors (Lipinski definition) is 1. The molecule has 0 aliphatic carbocycles. The molecule has 0 saturated carbocycles. The van der Waals surface area contributed by atoms with Crippen LogP contribution < -0.4 is 5.32 Å². The van der Waals surface area contributed by atoms with Crippen molar-refractivity contribution in [1.29, 1.82) is 0 Å². The average molecular weight is 358 g/mol. The number of benzene rings is 1. The molecule has 0 saturated heterocycles. The number of nitrogens with one attached hydrogen (secondary N) is 1. The van der Waals surface area contributed by atoms with Gasteiger partial charge < -0.3 is 9.72 Å². The van der Waals surface area contributed by atoms with E-state index in [9.17, 15) is 4.79 Å². The Balaban J connectivity index is 1.72. The highest BCUT2D eigenvalue weighted by Crippen LogP contribution is 2.13. The number of nitrogens with zero attached hydrogens (tertiary/aromatic N) is 2. The molecule has 0 atom stereocenters. The first kappa shape index (κ1) is 14.8. The Kier molecular flexibility index (Phi) is 3.98. The van der Waals surface area contributed by atoms with Gasteiger partial charge in [-0.2, -0.15) is 0 Å². The highest BCUT2D eigenvalue weighted by atomic mass is 79.9. The number of hydrogen-bond acceptors (Lipinski definition) is 2. The van der Waals surface area contributed by atoms with Crippen LogP contribution in [0.2, 0.25) is 0 Å². The van der Waals surface area contributed by atoms with Crippen LogP contribution in [0, 0.1) is 13.8 Å². The second kappa shape index (κ2) is 5.93. The molecule has 22 heavy (non-hydrogen) atoms. The van der Waals surface area contributed by atoms with Crippen molar-refractivity contribution in [3.63, 3.8) is 0 Å². The van der Waals surface area contributed by atoms with Crippen molar-refractivity contribution in [1.82, 2.24) is 14.7 Å². The number of amides is 1. The summed E-state index contributed by atoms with van der Waals surface area (Å²) in [4.78, 5) is 16.7. The number of fused-ring (bicyclic) bond motifs is 1. The predicted octanol–water partition coefficient (Wildman–Crippen LogP) is 3.64. The van der Waals surface area contributed by atoms with Crippen LogP contribution in [0.1, 0.15) is 27.2 Å². The summed E-state index contributed by atoms with van der Waals surface area (Å²) in [6.45, 7) is 4.45. The zero-order chi connectivity index (χ0) is 15.7. The predicted molar refractivity (Wildman–Crippen MR) is 90.0 cm³/mol. The second-order valence-corrected chi connectivity index (χ2v) is 6.24. The van der Waals surface area contributed by atoms with Gasteiger partial charge in [0.15, 0.2) is 0 Å². The van der Waals surface area contributed by atoms with Crippen molar-refractivity contribution in [3.05, 3.63) is 69.6 Å². The van der Waals surface area contributed by atoms with Gasteiger partial charge in [-0.25, -0.2) is 4.98 Å². The number of pyridine rings is 1. The molecule has 4 nitrogen and oxygen atoms in total. The topological polar surface area (TPSA) is 46.4 Å². The van der Waals surface area contributed by atoms with Gasteiger partial charge in [-0.3, -0.25) is 4.79 Å². The molecule has 1 N–H and O–H groups in total. The number of rotatable bonds is 3. The molecule has 2 aromatic heterocycles. The van der Waals surface area contributed by atoms with Crippen molar-refractivity contribution in [2.45, 2.75) is 20.4 Å². The van der Waals surface area contributed by atoms with Gasteiger partial charge >= 0.3 is 0 Å². The van der Waals surface area contributed by atoms with E-state index in [1.165, 1.54) is 5.56 Å². The minimum Gasteiger partial charge on any atom is -0.346 e. The van der Waals surface area contributed by atoms with Gasteiger partial charge in [-0.15, -0.1) is 0 Å². The maximum Gasteiger partial charge on any atom is 0.251 e. The third-order valence-corrected chi connectivity index (χ3v) is 4.13. The minimum absolute atomic E-state index is 0.0821. The monoisotopic (exact) mass is 357 g/mol. The lowest BCUT2D eigenvalue weighted by molar-refractivity contribution is 0.0950. The van der Waals surface area contributed by atoms with E-state index in [0.29, 0.717) is 12.1 Å². The average Bonchev–Trinajstić information content (AvgIpc) is 2.89. The summed E-state index contributed by atoms with van der Waals surface area (Å²) in [7, 11) is 0. The first-order chi connectivity index (χ1) is 10.5. The van der Waals surface area contributed by atoms with Gasteiger partial charge in [0.2, 0.25) is 0 Å². The number of carbonyl (C=O) groups excluding carboxylic acids is 1. The molecular formula is C17H16BrN3O. The maximum atomic E-state index is 12.2. The molecule has 1 amide bonds. The lowest BCUT2D eigenvalue weighted by atomic mass is 10.1. The van der Waals surface area contributed by atoms with Crippen molar-refractivity contribution in [2.24, 2.45) is 0 Å². The minimum atomic E-state index is -0.0821. The van der Waals surface area contributed by atoms with Crippen LogP contribution in [0.25, 0.3) is 5.65 Å². The molecule has 0 radical (unpaired) electrons. The Labute approximate surface area is 137 Å². The van der Waals surface area contributed by atoms with E-state index in [2.05, 4.69) is 26.2 Å². The molecule has 0 aliphatic rings. The van der Waals surface area contributed by atoms with E-state index >= 15 is 0 Å². The van der Waals surface area contributed by atoms with Gasteiger partial charge in [0.05, 0.1) is 12.2 Å². The van der Waals surface area contributed by atoms with Crippen LogP contribution in [-0.2, 0) is 6.54 Å². The molecule has 3 aromatic rings. The zero-order valence-electron chi connectivity index (χ0n) is 12.4. The Morgan fingerprint density at radius 3 is 2.77 bits per heavy atom.